The van der Waals surface area contributed by atoms with Gasteiger partial charge in [0.25, 0.3) is 0 Å². The van der Waals surface area contributed by atoms with Crippen molar-refractivity contribution < 1.29 is 26.0 Å². The topological polar surface area (TPSA) is 43.1 Å². The molecular formula is C11H19INOS-. The van der Waals surface area contributed by atoms with Gasteiger partial charge in [-0.3, -0.25) is 0 Å². The van der Waals surface area contributed by atoms with Gasteiger partial charge in [0, 0.05) is 0 Å². The number of ketones is 1. The van der Waals surface area contributed by atoms with Crippen molar-refractivity contribution in [2.24, 2.45) is 5.73 Å². The predicted molar refractivity (Wildman–Crippen MR) is 64.6 cm³/mol. The van der Waals surface area contributed by atoms with Crippen LogP contribution in [0.3, 0.4) is 0 Å². The monoisotopic (exact) mass is 340 g/mol. The first-order valence-electron chi connectivity index (χ1n) is 4.86. The number of rotatable bonds is 8. The Bertz CT molecular complexity index is 229. The zero-order valence-corrected chi connectivity index (χ0v) is 12.3. The van der Waals surface area contributed by atoms with Gasteiger partial charge in [0.2, 0.25) is 0 Å². The van der Waals surface area contributed by atoms with E-state index in [9.17, 15) is 4.79 Å². The van der Waals surface area contributed by atoms with Gasteiger partial charge in [0.1, 0.15) is 0 Å². The second-order valence-corrected chi connectivity index (χ2v) is 8.40. The molecule has 1 atom stereocenters. The van der Waals surface area contributed by atoms with Crippen LogP contribution >= 0.6 is 11.8 Å². The number of carbonyl (C=O) groups is 1. The number of allylic oxidation sites excluding steroid dienone is 2. The molecule has 0 aliphatic heterocycles. The van der Waals surface area contributed by atoms with Crippen molar-refractivity contribution in [2.45, 2.75) is 25.5 Å². The standard InChI is InChI=1S/C11H19INOS/c1-10(14)6-7-12-9-15-11(2)5-3-4-8-13/h3-5,8,11H,6-7,9,13H2,1-2H3/q-1/b5-3-,8-4-. The fourth-order valence-corrected chi connectivity index (χ4v) is 5.88. The number of carbonyl (C=O) groups excluding carboxylic acids is 1. The van der Waals surface area contributed by atoms with E-state index < -0.39 is 0 Å². The maximum atomic E-state index is 10.7. The zero-order valence-electron chi connectivity index (χ0n) is 9.28. The van der Waals surface area contributed by atoms with Crippen molar-refractivity contribution in [3.8, 4) is 0 Å². The number of hydrogen-bond acceptors (Lipinski definition) is 3. The molecule has 0 aliphatic carbocycles. The van der Waals surface area contributed by atoms with Gasteiger partial charge in [-0.25, -0.2) is 0 Å². The van der Waals surface area contributed by atoms with Crippen LogP contribution in [0.25, 0.3) is 0 Å². The van der Waals surface area contributed by atoms with Crippen LogP contribution in [0.15, 0.2) is 24.4 Å². The average Bonchev–Trinajstić information content (AvgIpc) is 2.17. The molecule has 0 saturated carbocycles. The SMILES string of the molecule is CC(=O)CC[I-]CSC(C)/C=C\C=C/N. The number of Topliss-reactive ketones (excluding diaryl/α,β-unsaturated/α-hetero) is 1. The summed E-state index contributed by atoms with van der Waals surface area (Å²) in [5.41, 5.74) is 5.22. The van der Waals surface area contributed by atoms with Gasteiger partial charge in [0.15, 0.2) is 0 Å². The summed E-state index contributed by atoms with van der Waals surface area (Å²) in [6.45, 7) is 3.85. The van der Waals surface area contributed by atoms with Crippen molar-refractivity contribution in [3.63, 3.8) is 0 Å². The van der Waals surface area contributed by atoms with E-state index in [0.717, 1.165) is 10.8 Å². The van der Waals surface area contributed by atoms with Gasteiger partial charge < -0.3 is 0 Å². The quantitative estimate of drug-likeness (QED) is 0.271. The van der Waals surface area contributed by atoms with Crippen LogP contribution in [0, 0.1) is 0 Å². The molecule has 2 N–H and O–H groups in total. The van der Waals surface area contributed by atoms with Crippen LogP contribution in [0.5, 0.6) is 0 Å². The molecule has 0 amide bonds. The van der Waals surface area contributed by atoms with E-state index >= 15 is 0 Å². The Morgan fingerprint density at radius 1 is 1.53 bits per heavy atom. The Labute approximate surface area is 107 Å². The summed E-state index contributed by atoms with van der Waals surface area (Å²) in [7, 11) is 0. The minimum absolute atomic E-state index is 0.204. The number of thioether (sulfide) groups is 1. The molecule has 2 nitrogen and oxygen atoms in total. The van der Waals surface area contributed by atoms with Crippen LogP contribution in [0.1, 0.15) is 20.3 Å². The van der Waals surface area contributed by atoms with Gasteiger partial charge >= 0.3 is 107 Å². The summed E-state index contributed by atoms with van der Waals surface area (Å²) < 4.78 is 2.35. The van der Waals surface area contributed by atoms with Gasteiger partial charge in [-0.15, -0.1) is 0 Å². The maximum absolute atomic E-state index is 10.7. The number of nitrogens with two attached hydrogens (primary N) is 1. The first kappa shape index (κ1) is 15.0. The third kappa shape index (κ3) is 12.0. The van der Waals surface area contributed by atoms with E-state index in [-0.39, 0.29) is 21.2 Å². The molecule has 0 aromatic rings. The summed E-state index contributed by atoms with van der Waals surface area (Å²) in [5, 5.41) is 0.540. The van der Waals surface area contributed by atoms with Crippen LogP contribution in [0.2, 0.25) is 0 Å². The molecule has 0 aliphatic rings. The molecule has 0 aromatic heterocycles. The third-order valence-electron chi connectivity index (χ3n) is 1.59. The number of alkyl halides is 2. The predicted octanol–water partition coefficient (Wildman–Crippen LogP) is -0.838. The van der Waals surface area contributed by atoms with Gasteiger partial charge in [-0.1, -0.05) is 0 Å². The van der Waals surface area contributed by atoms with E-state index in [4.69, 9.17) is 5.73 Å². The van der Waals surface area contributed by atoms with Crippen LogP contribution in [-0.2, 0) is 4.79 Å². The summed E-state index contributed by atoms with van der Waals surface area (Å²) >= 11 is 2.16. The second kappa shape index (κ2) is 10.5. The molecule has 15 heavy (non-hydrogen) atoms. The third-order valence-corrected chi connectivity index (χ3v) is 6.25. The van der Waals surface area contributed by atoms with E-state index in [1.54, 1.807) is 6.92 Å². The normalized spacial score (nSPS) is 14.0. The summed E-state index contributed by atoms with van der Waals surface area (Å²) in [5.74, 6) is 0.320. The van der Waals surface area contributed by atoms with Gasteiger partial charge in [-0.2, -0.15) is 0 Å². The molecule has 0 spiro atoms. The fraction of sp³-hybridized carbons (Fsp3) is 0.545. The van der Waals surface area contributed by atoms with Crippen molar-refractivity contribution in [2.75, 3.05) is 8.19 Å². The molecule has 0 aromatic carbocycles. The number of halogens is 1. The molecule has 0 saturated heterocycles. The molecule has 0 radical (unpaired) electrons. The van der Waals surface area contributed by atoms with E-state index in [0.29, 0.717) is 11.0 Å². The second-order valence-electron chi connectivity index (χ2n) is 3.08. The Morgan fingerprint density at radius 3 is 2.87 bits per heavy atom. The minimum atomic E-state index is 0.204. The average molecular weight is 340 g/mol. The van der Waals surface area contributed by atoms with Crippen LogP contribution < -0.4 is 26.9 Å². The van der Waals surface area contributed by atoms with Crippen LogP contribution in [-0.4, -0.2) is 19.2 Å². The van der Waals surface area contributed by atoms with E-state index in [1.165, 1.54) is 9.96 Å². The molecule has 0 heterocycles. The van der Waals surface area contributed by atoms with Gasteiger partial charge in [-0.05, 0) is 0 Å². The van der Waals surface area contributed by atoms with Gasteiger partial charge in [0.05, 0.1) is 0 Å². The fourth-order valence-electron chi connectivity index (χ4n) is 0.739. The van der Waals surface area contributed by atoms with E-state index in [1.807, 2.05) is 23.9 Å². The Kier molecular flexibility index (Phi) is 10.6. The Morgan fingerprint density at radius 2 is 2.27 bits per heavy atom. The molecule has 88 valence electrons. The summed E-state index contributed by atoms with van der Waals surface area (Å²) in [6, 6.07) is 0. The molecule has 4 heteroatoms. The van der Waals surface area contributed by atoms with Crippen LogP contribution in [0.4, 0.5) is 0 Å². The zero-order chi connectivity index (χ0) is 11.5. The summed E-state index contributed by atoms with van der Waals surface area (Å²) in [6.07, 6.45) is 8.26. The number of hydrogen-bond donors (Lipinski definition) is 1. The summed E-state index contributed by atoms with van der Waals surface area (Å²) in [4.78, 5) is 10.7. The Hall–Kier alpha value is 0.0300. The molecule has 0 rings (SSSR count). The first-order valence-corrected chi connectivity index (χ1v) is 8.96. The molecule has 0 bridgehead atoms. The van der Waals surface area contributed by atoms with Crippen molar-refractivity contribution in [3.05, 3.63) is 24.4 Å². The molecule has 1 unspecified atom stereocenters. The van der Waals surface area contributed by atoms with Crippen molar-refractivity contribution >= 4 is 17.5 Å². The van der Waals surface area contributed by atoms with E-state index in [2.05, 4.69) is 13.0 Å². The molecule has 0 fully saturated rings. The molecular weight excluding hydrogens is 321 g/mol. The van der Waals surface area contributed by atoms with Crippen molar-refractivity contribution in [1.29, 1.82) is 0 Å². The van der Waals surface area contributed by atoms with Crippen molar-refractivity contribution in [1.82, 2.24) is 0 Å². The first-order chi connectivity index (χ1) is 7.16. The Balaban J connectivity index is 3.38.